The third kappa shape index (κ3) is 3.76. The van der Waals surface area contributed by atoms with Gasteiger partial charge in [0.1, 0.15) is 5.75 Å². The van der Waals surface area contributed by atoms with Crippen molar-refractivity contribution in [3.05, 3.63) is 59.2 Å². The zero-order valence-corrected chi connectivity index (χ0v) is 16.3. The van der Waals surface area contributed by atoms with Crippen molar-refractivity contribution >= 4 is 27.5 Å². The summed E-state index contributed by atoms with van der Waals surface area (Å²) in [4.78, 5) is 15.0. The molecule has 1 heterocycles. The number of carbonyl (C=O) groups is 1. The van der Waals surface area contributed by atoms with Crippen LogP contribution in [0.5, 0.6) is 5.75 Å². The van der Waals surface area contributed by atoms with E-state index in [2.05, 4.69) is 22.0 Å². The van der Waals surface area contributed by atoms with Gasteiger partial charge in [0.25, 0.3) is 5.91 Å². The van der Waals surface area contributed by atoms with Crippen LogP contribution in [-0.2, 0) is 4.79 Å². The van der Waals surface area contributed by atoms with Crippen molar-refractivity contribution in [3.8, 4) is 11.8 Å². The van der Waals surface area contributed by atoms with Crippen LogP contribution in [0.25, 0.3) is 0 Å². The molecular formula is C21H21BrN2O2. The predicted octanol–water partition coefficient (Wildman–Crippen LogP) is 4.90. The van der Waals surface area contributed by atoms with E-state index in [4.69, 9.17) is 4.74 Å². The second-order valence-electron chi connectivity index (χ2n) is 6.39. The number of rotatable bonds is 6. The summed E-state index contributed by atoms with van der Waals surface area (Å²) in [6.07, 6.45) is 2.38. The summed E-state index contributed by atoms with van der Waals surface area (Å²) in [5.41, 5.74) is 3.06. The van der Waals surface area contributed by atoms with Gasteiger partial charge in [-0.25, -0.2) is 0 Å². The first-order chi connectivity index (χ1) is 12.7. The first kappa shape index (κ1) is 18.5. The van der Waals surface area contributed by atoms with Crippen LogP contribution in [0, 0.1) is 18.3 Å². The first-order valence-electron chi connectivity index (χ1n) is 8.79. The highest BCUT2D eigenvalue weighted by molar-refractivity contribution is 9.09. The summed E-state index contributed by atoms with van der Waals surface area (Å²) >= 11 is 3.45. The Bertz CT molecular complexity index is 844. The SMILES string of the molecule is Cc1ccc(C#N)cc1[C@@H]1Oc2ccccc2N(CCCCCBr)C1=O. The molecule has 0 saturated heterocycles. The Labute approximate surface area is 162 Å². The van der Waals surface area contributed by atoms with Crippen molar-refractivity contribution in [2.45, 2.75) is 32.3 Å². The molecule has 0 fully saturated rings. The van der Waals surface area contributed by atoms with E-state index in [1.807, 2.05) is 42.2 Å². The zero-order valence-electron chi connectivity index (χ0n) is 14.7. The monoisotopic (exact) mass is 412 g/mol. The van der Waals surface area contributed by atoms with Gasteiger partial charge in [0, 0.05) is 17.4 Å². The number of unbranched alkanes of at least 4 members (excludes halogenated alkanes) is 2. The lowest BCUT2D eigenvalue weighted by Crippen LogP contribution is -2.42. The number of fused-ring (bicyclic) bond motifs is 1. The molecule has 0 aliphatic carbocycles. The lowest BCUT2D eigenvalue weighted by molar-refractivity contribution is -0.126. The van der Waals surface area contributed by atoms with E-state index in [0.29, 0.717) is 17.9 Å². The van der Waals surface area contributed by atoms with Gasteiger partial charge in [-0.15, -0.1) is 0 Å². The molecule has 134 valence electrons. The molecule has 3 rings (SSSR count). The quantitative estimate of drug-likeness (QED) is 0.500. The van der Waals surface area contributed by atoms with Gasteiger partial charge in [0.15, 0.2) is 0 Å². The van der Waals surface area contributed by atoms with E-state index in [1.165, 1.54) is 0 Å². The van der Waals surface area contributed by atoms with E-state index in [-0.39, 0.29) is 5.91 Å². The molecule has 2 aromatic carbocycles. The Balaban J connectivity index is 1.94. The van der Waals surface area contributed by atoms with E-state index in [1.54, 1.807) is 12.1 Å². The number of halogens is 1. The number of hydrogen-bond donors (Lipinski definition) is 0. The summed E-state index contributed by atoms with van der Waals surface area (Å²) in [7, 11) is 0. The van der Waals surface area contributed by atoms with Crippen LogP contribution < -0.4 is 9.64 Å². The second-order valence-corrected chi connectivity index (χ2v) is 7.18. The number of para-hydroxylation sites is 2. The van der Waals surface area contributed by atoms with Crippen molar-refractivity contribution in [1.82, 2.24) is 0 Å². The molecule has 0 spiro atoms. The van der Waals surface area contributed by atoms with Crippen molar-refractivity contribution in [1.29, 1.82) is 5.26 Å². The molecule has 5 heteroatoms. The Morgan fingerprint density at radius 1 is 1.19 bits per heavy atom. The minimum absolute atomic E-state index is 0.0688. The van der Waals surface area contributed by atoms with Gasteiger partial charge in [-0.05, 0) is 49.6 Å². The summed E-state index contributed by atoms with van der Waals surface area (Å²) < 4.78 is 6.06. The average Bonchev–Trinajstić information content (AvgIpc) is 2.67. The summed E-state index contributed by atoms with van der Waals surface area (Å²) in [6, 6.07) is 15.2. The first-order valence-corrected chi connectivity index (χ1v) is 9.91. The number of benzene rings is 2. The van der Waals surface area contributed by atoms with Crippen molar-refractivity contribution in [2.75, 3.05) is 16.8 Å². The minimum atomic E-state index is -0.714. The molecule has 1 atom stereocenters. The molecular weight excluding hydrogens is 392 g/mol. The summed E-state index contributed by atoms with van der Waals surface area (Å²) in [5.74, 6) is 0.639. The van der Waals surface area contributed by atoms with Gasteiger partial charge in [0.05, 0.1) is 17.3 Å². The molecule has 1 amide bonds. The number of nitriles is 1. The van der Waals surface area contributed by atoms with Crippen molar-refractivity contribution in [2.24, 2.45) is 0 Å². The maximum absolute atomic E-state index is 13.2. The van der Waals surface area contributed by atoms with Crippen LogP contribution >= 0.6 is 15.9 Å². The topological polar surface area (TPSA) is 53.3 Å². The number of nitrogens with zero attached hydrogens (tertiary/aromatic N) is 2. The number of hydrogen-bond acceptors (Lipinski definition) is 3. The standard InChI is InChI=1S/C21H21BrN2O2/c1-15-9-10-16(14-23)13-17(15)20-21(25)24(12-6-2-5-11-22)18-7-3-4-8-19(18)26-20/h3-4,7-10,13,20H,2,5-6,11-12H2,1H3/t20-/m0/s1. The fourth-order valence-electron chi connectivity index (χ4n) is 3.18. The van der Waals surface area contributed by atoms with Crippen LogP contribution in [0.4, 0.5) is 5.69 Å². The number of amides is 1. The van der Waals surface area contributed by atoms with Crippen LogP contribution in [0.15, 0.2) is 42.5 Å². The average molecular weight is 413 g/mol. The molecule has 4 nitrogen and oxygen atoms in total. The van der Waals surface area contributed by atoms with Crippen molar-refractivity contribution < 1.29 is 9.53 Å². The van der Waals surface area contributed by atoms with E-state index >= 15 is 0 Å². The maximum atomic E-state index is 13.2. The Morgan fingerprint density at radius 3 is 2.77 bits per heavy atom. The number of anilines is 1. The molecule has 0 bridgehead atoms. The van der Waals surface area contributed by atoms with Gasteiger partial charge < -0.3 is 9.64 Å². The highest BCUT2D eigenvalue weighted by Gasteiger charge is 2.35. The fraction of sp³-hybridized carbons (Fsp3) is 0.333. The van der Waals surface area contributed by atoms with Crippen molar-refractivity contribution in [3.63, 3.8) is 0 Å². The second kappa shape index (κ2) is 8.37. The molecule has 1 aliphatic rings. The molecule has 26 heavy (non-hydrogen) atoms. The lowest BCUT2D eigenvalue weighted by atomic mass is 9.98. The van der Waals surface area contributed by atoms with Crippen LogP contribution in [0.2, 0.25) is 0 Å². The predicted molar refractivity (Wildman–Crippen MR) is 106 cm³/mol. The smallest absolute Gasteiger partial charge is 0.272 e. The fourth-order valence-corrected chi connectivity index (χ4v) is 3.57. The maximum Gasteiger partial charge on any atom is 0.272 e. The molecule has 2 aromatic rings. The van der Waals surface area contributed by atoms with Gasteiger partial charge in [-0.3, -0.25) is 4.79 Å². The Morgan fingerprint density at radius 2 is 2.00 bits per heavy atom. The number of aryl methyl sites for hydroxylation is 1. The van der Waals surface area contributed by atoms with Gasteiger partial charge in [-0.2, -0.15) is 5.26 Å². The molecule has 0 saturated carbocycles. The van der Waals surface area contributed by atoms with Crippen LogP contribution in [-0.4, -0.2) is 17.8 Å². The van der Waals surface area contributed by atoms with Crippen LogP contribution in [0.1, 0.15) is 42.1 Å². The molecule has 1 aliphatic heterocycles. The lowest BCUT2D eigenvalue weighted by Gasteiger charge is -2.35. The third-order valence-electron chi connectivity index (χ3n) is 4.60. The van der Waals surface area contributed by atoms with E-state index in [9.17, 15) is 10.1 Å². The van der Waals surface area contributed by atoms with Gasteiger partial charge >= 0.3 is 0 Å². The van der Waals surface area contributed by atoms with E-state index in [0.717, 1.165) is 41.4 Å². The Kier molecular flexibility index (Phi) is 5.95. The Hall–Kier alpha value is -2.32. The normalized spacial score (nSPS) is 16.0. The van der Waals surface area contributed by atoms with Crippen LogP contribution in [0.3, 0.4) is 0 Å². The highest BCUT2D eigenvalue weighted by Crippen LogP contribution is 2.39. The van der Waals surface area contributed by atoms with Gasteiger partial charge in [-0.1, -0.05) is 40.5 Å². The molecule has 0 radical (unpaired) electrons. The largest absolute Gasteiger partial charge is 0.474 e. The minimum Gasteiger partial charge on any atom is -0.474 e. The molecule has 0 aromatic heterocycles. The number of alkyl halides is 1. The summed E-state index contributed by atoms with van der Waals surface area (Å²) in [5, 5.41) is 10.2. The third-order valence-corrected chi connectivity index (χ3v) is 5.16. The molecule has 0 N–H and O–H groups in total. The van der Waals surface area contributed by atoms with Gasteiger partial charge in [0.2, 0.25) is 6.10 Å². The van der Waals surface area contributed by atoms with E-state index < -0.39 is 6.10 Å². The number of ether oxygens (including phenoxy) is 1. The zero-order chi connectivity index (χ0) is 18.5. The number of carbonyl (C=O) groups excluding carboxylic acids is 1. The molecule has 0 unspecified atom stereocenters. The highest BCUT2D eigenvalue weighted by atomic mass is 79.9. The summed E-state index contributed by atoms with van der Waals surface area (Å²) in [6.45, 7) is 2.60.